The van der Waals surface area contributed by atoms with E-state index in [2.05, 4.69) is 34.5 Å². The number of amides is 2. The average molecular weight is 665 g/mol. The molecule has 1 aliphatic carbocycles. The monoisotopic (exact) mass is 664 g/mol. The third-order valence-corrected chi connectivity index (χ3v) is 7.50. The SMILES string of the molecule is C=CCCC(=O)N(Cc1ccc(C)cc1)[C@@H]1CC(C(=O)NCCO)=C[C@H](Oc2c(I)cc(CO)cc2OC)[C@H]1O. The van der Waals surface area contributed by atoms with Gasteiger partial charge < -0.3 is 35.0 Å². The fourth-order valence-electron chi connectivity index (χ4n) is 4.54. The molecule has 216 valence electrons. The van der Waals surface area contributed by atoms with E-state index in [1.807, 2.05) is 31.2 Å². The minimum atomic E-state index is -1.18. The maximum atomic E-state index is 13.5. The van der Waals surface area contributed by atoms with Crippen molar-refractivity contribution in [3.05, 3.63) is 81.0 Å². The minimum absolute atomic E-state index is 0.0641. The van der Waals surface area contributed by atoms with Crippen molar-refractivity contribution in [1.82, 2.24) is 10.2 Å². The van der Waals surface area contributed by atoms with Crippen LogP contribution in [0.4, 0.5) is 0 Å². The topological polar surface area (TPSA) is 129 Å². The van der Waals surface area contributed by atoms with E-state index in [0.29, 0.717) is 32.6 Å². The lowest BCUT2D eigenvalue weighted by molar-refractivity contribution is -0.139. The Hall–Kier alpha value is -2.93. The Morgan fingerprint density at radius 3 is 2.55 bits per heavy atom. The standard InChI is InChI=1S/C30H37IN2O7/c1-4-5-6-27(36)33(17-20-9-7-19(2)8-10-20)24-15-22(30(38)32-11-12-34)16-25(28(24)37)40-29-23(31)13-21(18-35)14-26(29)39-3/h4,7-10,13-14,16,24-25,28,34-35,37H,1,5-6,11-12,15,17-18H2,2-3H3,(H,32,38)/t24-,25+,28+/m1/s1. The number of aliphatic hydroxyl groups excluding tert-OH is 3. The molecule has 0 saturated heterocycles. The molecule has 0 heterocycles. The first kappa shape index (κ1) is 31.6. The molecule has 1 aliphatic rings. The number of methoxy groups -OCH3 is 1. The predicted octanol–water partition coefficient (Wildman–Crippen LogP) is 3.01. The number of hydrogen-bond donors (Lipinski definition) is 4. The van der Waals surface area contributed by atoms with Gasteiger partial charge in [-0.3, -0.25) is 9.59 Å². The first-order chi connectivity index (χ1) is 19.2. The number of aliphatic hydroxyl groups is 3. The highest BCUT2D eigenvalue weighted by Gasteiger charge is 2.40. The summed E-state index contributed by atoms with van der Waals surface area (Å²) in [4.78, 5) is 28.1. The van der Waals surface area contributed by atoms with Crippen molar-refractivity contribution >= 4 is 34.4 Å². The number of benzene rings is 2. The van der Waals surface area contributed by atoms with Gasteiger partial charge in [-0.15, -0.1) is 6.58 Å². The second kappa shape index (κ2) is 15.2. The molecule has 2 amide bonds. The lowest BCUT2D eigenvalue weighted by Crippen LogP contribution is -2.54. The van der Waals surface area contributed by atoms with Gasteiger partial charge >= 0.3 is 0 Å². The van der Waals surface area contributed by atoms with E-state index in [9.17, 15) is 24.9 Å². The molecule has 2 aromatic carbocycles. The zero-order chi connectivity index (χ0) is 29.2. The fraction of sp³-hybridized carbons (Fsp3) is 0.400. The van der Waals surface area contributed by atoms with Crippen LogP contribution >= 0.6 is 22.6 Å². The smallest absolute Gasteiger partial charge is 0.247 e. The molecule has 0 fully saturated rings. The van der Waals surface area contributed by atoms with Crippen LogP contribution in [0, 0.1) is 10.5 Å². The summed E-state index contributed by atoms with van der Waals surface area (Å²) in [5.41, 5.74) is 2.94. The van der Waals surface area contributed by atoms with Gasteiger partial charge in [-0.05, 0) is 65.3 Å². The van der Waals surface area contributed by atoms with E-state index in [1.54, 1.807) is 29.2 Å². The highest BCUT2D eigenvalue weighted by molar-refractivity contribution is 14.1. The third-order valence-electron chi connectivity index (χ3n) is 6.70. The van der Waals surface area contributed by atoms with Crippen LogP contribution in [0.15, 0.2) is 60.7 Å². The van der Waals surface area contributed by atoms with Crippen LogP contribution in [-0.4, -0.2) is 70.5 Å². The Kier molecular flexibility index (Phi) is 12.0. The van der Waals surface area contributed by atoms with Crippen molar-refractivity contribution < 1.29 is 34.4 Å². The van der Waals surface area contributed by atoms with Gasteiger partial charge in [-0.25, -0.2) is 0 Å². The normalized spacial score (nSPS) is 18.4. The van der Waals surface area contributed by atoms with Gasteiger partial charge in [0.1, 0.15) is 12.2 Å². The Labute approximate surface area is 248 Å². The molecule has 0 saturated carbocycles. The van der Waals surface area contributed by atoms with E-state index in [0.717, 1.165) is 11.1 Å². The predicted molar refractivity (Wildman–Crippen MR) is 160 cm³/mol. The van der Waals surface area contributed by atoms with E-state index in [-0.39, 0.29) is 45.1 Å². The second-order valence-electron chi connectivity index (χ2n) is 9.62. The molecular weight excluding hydrogens is 627 g/mol. The van der Waals surface area contributed by atoms with E-state index < -0.39 is 24.2 Å². The number of ether oxygens (including phenoxy) is 2. The maximum Gasteiger partial charge on any atom is 0.247 e. The number of allylic oxidation sites excluding steroid dienone is 1. The number of carbonyl (C=O) groups excluding carboxylic acids is 2. The van der Waals surface area contributed by atoms with Gasteiger partial charge in [0.15, 0.2) is 11.5 Å². The number of aryl methyl sites for hydroxylation is 1. The Balaban J connectivity index is 2.03. The van der Waals surface area contributed by atoms with Gasteiger partial charge in [-0.2, -0.15) is 0 Å². The highest BCUT2D eigenvalue weighted by Crippen LogP contribution is 2.37. The van der Waals surface area contributed by atoms with E-state index in [4.69, 9.17) is 9.47 Å². The summed E-state index contributed by atoms with van der Waals surface area (Å²) < 4.78 is 12.4. The molecule has 3 atom stereocenters. The van der Waals surface area contributed by atoms with Crippen LogP contribution in [0.25, 0.3) is 0 Å². The molecule has 0 aromatic heterocycles. The first-order valence-corrected chi connectivity index (χ1v) is 14.2. The minimum Gasteiger partial charge on any atom is -0.493 e. The third kappa shape index (κ3) is 8.06. The molecule has 0 spiro atoms. The van der Waals surface area contributed by atoms with Crippen molar-refractivity contribution in [2.45, 2.75) is 57.6 Å². The molecular formula is C30H37IN2O7. The molecule has 9 nitrogen and oxygen atoms in total. The van der Waals surface area contributed by atoms with Crippen molar-refractivity contribution in [1.29, 1.82) is 0 Å². The number of hydrogen-bond acceptors (Lipinski definition) is 7. The largest absolute Gasteiger partial charge is 0.493 e. The summed E-state index contributed by atoms with van der Waals surface area (Å²) >= 11 is 2.06. The number of carbonyl (C=O) groups is 2. The van der Waals surface area contributed by atoms with Gasteiger partial charge in [0.2, 0.25) is 11.8 Å². The quantitative estimate of drug-likeness (QED) is 0.192. The summed E-state index contributed by atoms with van der Waals surface area (Å²) in [6, 6.07) is 10.4. The average Bonchev–Trinajstić information content (AvgIpc) is 2.96. The van der Waals surface area contributed by atoms with Crippen LogP contribution in [0.5, 0.6) is 11.5 Å². The van der Waals surface area contributed by atoms with E-state index >= 15 is 0 Å². The zero-order valence-electron chi connectivity index (χ0n) is 22.8. The van der Waals surface area contributed by atoms with Crippen LogP contribution in [0.2, 0.25) is 0 Å². The van der Waals surface area contributed by atoms with Crippen LogP contribution < -0.4 is 14.8 Å². The fourth-order valence-corrected chi connectivity index (χ4v) is 5.34. The molecule has 3 rings (SSSR count). The van der Waals surface area contributed by atoms with E-state index in [1.165, 1.54) is 7.11 Å². The maximum absolute atomic E-state index is 13.5. The summed E-state index contributed by atoms with van der Waals surface area (Å²) in [6.07, 6.45) is 1.83. The first-order valence-electron chi connectivity index (χ1n) is 13.1. The summed E-state index contributed by atoms with van der Waals surface area (Å²) in [6.45, 7) is 5.60. The highest BCUT2D eigenvalue weighted by atomic mass is 127. The Bertz CT molecular complexity index is 1220. The lowest BCUT2D eigenvalue weighted by Gasteiger charge is -2.41. The second-order valence-corrected chi connectivity index (χ2v) is 10.8. The van der Waals surface area contributed by atoms with Crippen LogP contribution in [0.1, 0.15) is 36.0 Å². The zero-order valence-corrected chi connectivity index (χ0v) is 25.0. The van der Waals surface area contributed by atoms with Gasteiger partial charge in [0.25, 0.3) is 0 Å². The van der Waals surface area contributed by atoms with Crippen molar-refractivity contribution in [3.63, 3.8) is 0 Å². The molecule has 0 radical (unpaired) electrons. The summed E-state index contributed by atoms with van der Waals surface area (Å²) in [5.74, 6) is 0.119. The van der Waals surface area contributed by atoms with Crippen molar-refractivity contribution in [2.75, 3.05) is 20.3 Å². The molecule has 2 aromatic rings. The number of nitrogens with one attached hydrogen (secondary N) is 1. The van der Waals surface area contributed by atoms with Gasteiger partial charge in [-0.1, -0.05) is 35.9 Å². The van der Waals surface area contributed by atoms with Gasteiger partial charge in [0, 0.05) is 31.5 Å². The molecule has 0 aliphatic heterocycles. The Morgan fingerprint density at radius 1 is 1.20 bits per heavy atom. The number of halogens is 1. The van der Waals surface area contributed by atoms with Crippen LogP contribution in [-0.2, 0) is 22.7 Å². The summed E-state index contributed by atoms with van der Waals surface area (Å²) in [5, 5.41) is 33.1. The lowest BCUT2D eigenvalue weighted by atomic mass is 9.87. The number of nitrogens with zero attached hydrogens (tertiary/aromatic N) is 1. The summed E-state index contributed by atoms with van der Waals surface area (Å²) in [7, 11) is 1.48. The van der Waals surface area contributed by atoms with Crippen molar-refractivity contribution in [2.24, 2.45) is 0 Å². The Morgan fingerprint density at radius 2 is 1.93 bits per heavy atom. The van der Waals surface area contributed by atoms with Crippen LogP contribution in [0.3, 0.4) is 0 Å². The molecule has 40 heavy (non-hydrogen) atoms. The van der Waals surface area contributed by atoms with Crippen molar-refractivity contribution in [3.8, 4) is 11.5 Å². The molecule has 0 bridgehead atoms. The van der Waals surface area contributed by atoms with Gasteiger partial charge in [0.05, 0.1) is 29.9 Å². The molecule has 4 N–H and O–H groups in total. The molecule has 10 heteroatoms. The molecule has 0 unspecified atom stereocenters. The number of rotatable bonds is 13.